The average Bonchev–Trinajstić information content (AvgIpc) is 3.42. The number of fused-ring (bicyclic) bond motifs is 2. The summed E-state index contributed by atoms with van der Waals surface area (Å²) in [5.74, 6) is 1.21. The van der Waals surface area contributed by atoms with Gasteiger partial charge in [-0.2, -0.15) is 0 Å². The Hall–Kier alpha value is -4.06. The van der Waals surface area contributed by atoms with Crippen molar-refractivity contribution in [3.63, 3.8) is 0 Å². The Balaban J connectivity index is 1.57. The third kappa shape index (κ3) is 4.84. The number of amides is 2. The van der Waals surface area contributed by atoms with E-state index in [0.717, 1.165) is 45.5 Å². The lowest BCUT2D eigenvalue weighted by Gasteiger charge is -2.26. The molecule has 1 atom stereocenters. The molecule has 3 aromatic carbocycles. The molecule has 0 saturated carbocycles. The van der Waals surface area contributed by atoms with Crippen molar-refractivity contribution in [2.75, 3.05) is 20.2 Å². The minimum Gasteiger partial charge on any atom is -0.497 e. The minimum atomic E-state index is -0.315. The monoisotopic (exact) mass is 495 g/mol. The van der Waals surface area contributed by atoms with Gasteiger partial charge < -0.3 is 19.9 Å². The van der Waals surface area contributed by atoms with Gasteiger partial charge in [0, 0.05) is 47.1 Å². The van der Waals surface area contributed by atoms with Gasteiger partial charge in [-0.15, -0.1) is 0 Å². The fraction of sp³-hybridized carbons (Fsp3) is 0.290. The number of benzene rings is 3. The summed E-state index contributed by atoms with van der Waals surface area (Å²) < 4.78 is 5.50. The first-order valence-electron chi connectivity index (χ1n) is 12.9. The van der Waals surface area contributed by atoms with E-state index in [9.17, 15) is 9.59 Å². The van der Waals surface area contributed by atoms with E-state index in [2.05, 4.69) is 36.3 Å². The summed E-state index contributed by atoms with van der Waals surface area (Å²) in [6.45, 7) is 5.26. The molecule has 0 fully saturated rings. The molecule has 0 aliphatic carbocycles. The van der Waals surface area contributed by atoms with Gasteiger partial charge in [0.05, 0.1) is 18.8 Å². The van der Waals surface area contributed by atoms with Gasteiger partial charge in [-0.25, -0.2) is 0 Å². The van der Waals surface area contributed by atoms with E-state index in [1.54, 1.807) is 7.11 Å². The van der Waals surface area contributed by atoms with Crippen LogP contribution in [0.3, 0.4) is 0 Å². The van der Waals surface area contributed by atoms with Crippen molar-refractivity contribution in [2.24, 2.45) is 5.92 Å². The number of aromatic amines is 1. The van der Waals surface area contributed by atoms with Crippen LogP contribution in [0.1, 0.15) is 54.2 Å². The number of H-pyrrole nitrogens is 1. The molecule has 4 aromatic rings. The summed E-state index contributed by atoms with van der Waals surface area (Å²) in [6.07, 6.45) is 1.19. The molecule has 2 amide bonds. The first-order chi connectivity index (χ1) is 18.0. The molecule has 1 aromatic heterocycles. The van der Waals surface area contributed by atoms with E-state index in [1.165, 1.54) is 0 Å². The predicted molar refractivity (Wildman–Crippen MR) is 147 cm³/mol. The first kappa shape index (κ1) is 24.6. The molecule has 6 heteroatoms. The van der Waals surface area contributed by atoms with Crippen LogP contribution in [0, 0.1) is 5.92 Å². The number of para-hydroxylation sites is 1. The zero-order valence-corrected chi connectivity index (χ0v) is 21.6. The summed E-state index contributed by atoms with van der Waals surface area (Å²) >= 11 is 0. The van der Waals surface area contributed by atoms with Gasteiger partial charge in [-0.3, -0.25) is 9.59 Å². The highest BCUT2D eigenvalue weighted by Crippen LogP contribution is 2.45. The molecule has 6 nitrogen and oxygen atoms in total. The Morgan fingerprint density at radius 1 is 1.05 bits per heavy atom. The Bertz CT molecular complexity index is 1440. The molecular formula is C31H33N3O3. The highest BCUT2D eigenvalue weighted by atomic mass is 16.5. The van der Waals surface area contributed by atoms with Gasteiger partial charge in [0.25, 0.3) is 5.91 Å². The Morgan fingerprint density at radius 3 is 2.65 bits per heavy atom. The van der Waals surface area contributed by atoms with E-state index < -0.39 is 0 Å². The third-order valence-electron chi connectivity index (χ3n) is 7.06. The van der Waals surface area contributed by atoms with Crippen LogP contribution < -0.4 is 10.1 Å². The largest absolute Gasteiger partial charge is 0.497 e. The van der Waals surface area contributed by atoms with Gasteiger partial charge in [-0.05, 0) is 42.2 Å². The van der Waals surface area contributed by atoms with Crippen LogP contribution in [0.5, 0.6) is 5.75 Å². The Kier molecular flexibility index (Phi) is 6.99. The normalized spacial score (nSPS) is 14.9. The quantitative estimate of drug-likeness (QED) is 0.302. The second-order valence-corrected chi connectivity index (χ2v) is 9.96. The van der Waals surface area contributed by atoms with E-state index >= 15 is 0 Å². The van der Waals surface area contributed by atoms with Crippen LogP contribution in [0.2, 0.25) is 0 Å². The van der Waals surface area contributed by atoms with Crippen molar-refractivity contribution < 1.29 is 14.3 Å². The maximum Gasteiger partial charge on any atom is 0.255 e. The van der Waals surface area contributed by atoms with Gasteiger partial charge in [0.1, 0.15) is 5.75 Å². The van der Waals surface area contributed by atoms with Crippen LogP contribution in [-0.4, -0.2) is 41.9 Å². The SMILES string of the molecule is COc1cccc(-c2[nH]c3ccccc3c2C2c3ccccc3C(=O)N2CCC(=O)NCCC(C)C)c1. The number of aromatic nitrogens is 1. The smallest absolute Gasteiger partial charge is 0.255 e. The van der Waals surface area contributed by atoms with E-state index in [4.69, 9.17) is 4.74 Å². The fourth-order valence-corrected chi connectivity index (χ4v) is 5.18. The van der Waals surface area contributed by atoms with Crippen LogP contribution in [0.4, 0.5) is 0 Å². The standard InChI is InChI=1S/C31H33N3O3/c1-20(2)15-17-32-27(35)16-18-34-30(23-11-4-5-12-24(23)31(34)36)28-25-13-6-7-14-26(25)33-29(28)21-9-8-10-22(19-21)37-3/h4-14,19-20,30,33H,15-18H2,1-3H3,(H,32,35). The highest BCUT2D eigenvalue weighted by Gasteiger charge is 2.40. The second-order valence-electron chi connectivity index (χ2n) is 9.96. The predicted octanol–water partition coefficient (Wildman–Crippen LogP) is 5.94. The lowest BCUT2D eigenvalue weighted by Crippen LogP contribution is -2.34. The van der Waals surface area contributed by atoms with Crippen molar-refractivity contribution in [1.29, 1.82) is 0 Å². The van der Waals surface area contributed by atoms with Crippen LogP contribution >= 0.6 is 0 Å². The number of nitrogens with zero attached hydrogens (tertiary/aromatic N) is 1. The molecule has 37 heavy (non-hydrogen) atoms. The van der Waals surface area contributed by atoms with Crippen molar-refractivity contribution >= 4 is 22.7 Å². The van der Waals surface area contributed by atoms with Crippen LogP contribution in [-0.2, 0) is 4.79 Å². The van der Waals surface area contributed by atoms with Gasteiger partial charge in [-0.1, -0.05) is 62.4 Å². The van der Waals surface area contributed by atoms with Crippen molar-refractivity contribution in [3.05, 3.63) is 89.5 Å². The third-order valence-corrected chi connectivity index (χ3v) is 7.06. The molecule has 5 rings (SSSR count). The number of hydrogen-bond acceptors (Lipinski definition) is 3. The van der Waals surface area contributed by atoms with Gasteiger partial charge in [0.15, 0.2) is 0 Å². The number of carbonyl (C=O) groups excluding carboxylic acids is 2. The molecule has 1 aliphatic rings. The molecule has 0 spiro atoms. The van der Waals surface area contributed by atoms with Crippen molar-refractivity contribution in [3.8, 4) is 17.0 Å². The zero-order valence-electron chi connectivity index (χ0n) is 21.6. The van der Waals surface area contributed by atoms with Crippen molar-refractivity contribution in [1.82, 2.24) is 15.2 Å². The highest BCUT2D eigenvalue weighted by molar-refractivity contribution is 6.02. The summed E-state index contributed by atoms with van der Waals surface area (Å²) in [5, 5.41) is 4.06. The summed E-state index contributed by atoms with van der Waals surface area (Å²) in [6, 6.07) is 23.6. The van der Waals surface area contributed by atoms with Gasteiger partial charge >= 0.3 is 0 Å². The lowest BCUT2D eigenvalue weighted by molar-refractivity contribution is -0.121. The molecule has 0 bridgehead atoms. The molecule has 1 unspecified atom stereocenters. The topological polar surface area (TPSA) is 74.4 Å². The lowest BCUT2D eigenvalue weighted by atomic mass is 9.93. The summed E-state index contributed by atoms with van der Waals surface area (Å²) in [7, 11) is 1.66. The Labute approximate surface area is 217 Å². The van der Waals surface area contributed by atoms with E-state index in [0.29, 0.717) is 24.6 Å². The van der Waals surface area contributed by atoms with Crippen LogP contribution in [0.15, 0.2) is 72.8 Å². The number of carbonyl (C=O) groups is 2. The zero-order chi connectivity index (χ0) is 25.9. The number of rotatable bonds is 9. The van der Waals surface area contributed by atoms with E-state index in [-0.39, 0.29) is 24.3 Å². The molecule has 0 saturated heterocycles. The van der Waals surface area contributed by atoms with Crippen LogP contribution in [0.25, 0.3) is 22.2 Å². The maximum atomic E-state index is 13.7. The number of methoxy groups -OCH3 is 1. The molecule has 2 heterocycles. The first-order valence-corrected chi connectivity index (χ1v) is 12.9. The molecule has 1 aliphatic heterocycles. The minimum absolute atomic E-state index is 0.0323. The molecule has 0 radical (unpaired) electrons. The van der Waals surface area contributed by atoms with E-state index in [1.807, 2.05) is 65.6 Å². The molecule has 190 valence electrons. The summed E-state index contributed by atoms with van der Waals surface area (Å²) in [5.41, 5.74) is 5.60. The number of nitrogens with one attached hydrogen (secondary N) is 2. The molecular weight excluding hydrogens is 462 g/mol. The van der Waals surface area contributed by atoms with Crippen molar-refractivity contribution in [2.45, 2.75) is 32.7 Å². The average molecular weight is 496 g/mol. The fourth-order valence-electron chi connectivity index (χ4n) is 5.18. The Morgan fingerprint density at radius 2 is 1.84 bits per heavy atom. The van der Waals surface area contributed by atoms with Gasteiger partial charge in [0.2, 0.25) is 5.91 Å². The number of hydrogen-bond donors (Lipinski definition) is 2. The maximum absolute atomic E-state index is 13.7. The summed E-state index contributed by atoms with van der Waals surface area (Å²) in [4.78, 5) is 31.8. The molecule has 2 N–H and O–H groups in total. The second kappa shape index (κ2) is 10.5. The number of ether oxygens (including phenoxy) is 1.